The van der Waals surface area contributed by atoms with E-state index in [1.807, 2.05) is 0 Å². The first kappa shape index (κ1) is 8.75. The second kappa shape index (κ2) is 4.52. The lowest BCUT2D eigenvalue weighted by atomic mass is 10.0. The van der Waals surface area contributed by atoms with Crippen molar-refractivity contribution in [3.05, 3.63) is 12.2 Å². The van der Waals surface area contributed by atoms with E-state index >= 15 is 0 Å². The number of aliphatic hydroxyl groups is 1. The molecule has 1 rings (SSSR count). The lowest BCUT2D eigenvalue weighted by Gasteiger charge is -2.07. The van der Waals surface area contributed by atoms with Crippen molar-refractivity contribution in [3.63, 3.8) is 0 Å². The van der Waals surface area contributed by atoms with E-state index in [2.05, 4.69) is 12.2 Å². The summed E-state index contributed by atoms with van der Waals surface area (Å²) in [7, 11) is 0. The zero-order chi connectivity index (χ0) is 8.10. The standard InChI is InChI=1S/C9H17NO/c10-9(11)7-3-6-8-4-1-2-5-8/h1,4,8-9,11H,2-3,5-7,10H2. The topological polar surface area (TPSA) is 46.2 Å². The van der Waals surface area contributed by atoms with E-state index < -0.39 is 6.23 Å². The Kier molecular flexibility index (Phi) is 3.60. The molecular formula is C9H17NO. The van der Waals surface area contributed by atoms with Crippen LogP contribution >= 0.6 is 0 Å². The van der Waals surface area contributed by atoms with Crippen LogP contribution in [0.1, 0.15) is 32.1 Å². The van der Waals surface area contributed by atoms with E-state index in [4.69, 9.17) is 10.8 Å². The summed E-state index contributed by atoms with van der Waals surface area (Å²) in [6.45, 7) is 0. The fourth-order valence-electron chi connectivity index (χ4n) is 1.52. The van der Waals surface area contributed by atoms with E-state index in [0.717, 1.165) is 18.8 Å². The minimum absolute atomic E-state index is 0.611. The minimum atomic E-state index is -0.611. The highest BCUT2D eigenvalue weighted by atomic mass is 16.3. The molecule has 0 bridgehead atoms. The molecule has 0 saturated carbocycles. The van der Waals surface area contributed by atoms with Gasteiger partial charge in [0, 0.05) is 0 Å². The Bertz CT molecular complexity index is 132. The van der Waals surface area contributed by atoms with Crippen molar-refractivity contribution < 1.29 is 5.11 Å². The van der Waals surface area contributed by atoms with Crippen molar-refractivity contribution in [2.75, 3.05) is 0 Å². The van der Waals surface area contributed by atoms with Gasteiger partial charge in [0.2, 0.25) is 0 Å². The van der Waals surface area contributed by atoms with E-state index in [-0.39, 0.29) is 0 Å². The Morgan fingerprint density at radius 3 is 3.00 bits per heavy atom. The lowest BCUT2D eigenvalue weighted by molar-refractivity contribution is 0.167. The van der Waals surface area contributed by atoms with Gasteiger partial charge in [0.25, 0.3) is 0 Å². The van der Waals surface area contributed by atoms with Crippen LogP contribution in [0.5, 0.6) is 0 Å². The van der Waals surface area contributed by atoms with Gasteiger partial charge in [-0.2, -0.15) is 0 Å². The Morgan fingerprint density at radius 2 is 2.45 bits per heavy atom. The summed E-state index contributed by atoms with van der Waals surface area (Å²) in [5, 5.41) is 8.79. The Hall–Kier alpha value is -0.340. The third-order valence-electron chi connectivity index (χ3n) is 2.19. The molecule has 1 aliphatic rings. The molecule has 0 radical (unpaired) electrons. The number of hydrogen-bond acceptors (Lipinski definition) is 2. The van der Waals surface area contributed by atoms with Crippen LogP contribution in [0.15, 0.2) is 12.2 Å². The summed E-state index contributed by atoms with van der Waals surface area (Å²) in [6, 6.07) is 0. The number of aliphatic hydroxyl groups excluding tert-OH is 1. The fraction of sp³-hybridized carbons (Fsp3) is 0.778. The van der Waals surface area contributed by atoms with Crippen LogP contribution in [0.25, 0.3) is 0 Å². The molecule has 0 aromatic carbocycles. The maximum absolute atomic E-state index is 8.79. The summed E-state index contributed by atoms with van der Waals surface area (Å²) >= 11 is 0. The third-order valence-corrected chi connectivity index (χ3v) is 2.19. The molecule has 2 nitrogen and oxygen atoms in total. The molecule has 0 aromatic rings. The number of rotatable bonds is 4. The molecule has 0 heterocycles. The predicted octanol–water partition coefficient (Wildman–Crippen LogP) is 1.40. The smallest absolute Gasteiger partial charge is 0.102 e. The fourth-order valence-corrected chi connectivity index (χ4v) is 1.52. The highest BCUT2D eigenvalue weighted by Crippen LogP contribution is 2.22. The van der Waals surface area contributed by atoms with E-state index in [1.54, 1.807) is 0 Å². The SMILES string of the molecule is NC(O)CCCC1C=CCC1. The lowest BCUT2D eigenvalue weighted by Crippen LogP contribution is -2.18. The molecule has 0 aliphatic heterocycles. The van der Waals surface area contributed by atoms with Crippen LogP contribution in [-0.4, -0.2) is 11.3 Å². The van der Waals surface area contributed by atoms with Crippen LogP contribution in [0, 0.1) is 5.92 Å². The molecule has 0 amide bonds. The number of allylic oxidation sites excluding steroid dienone is 2. The first-order chi connectivity index (χ1) is 5.29. The average Bonchev–Trinajstić information content (AvgIpc) is 2.39. The molecule has 2 unspecified atom stereocenters. The van der Waals surface area contributed by atoms with Gasteiger partial charge in [-0.15, -0.1) is 0 Å². The van der Waals surface area contributed by atoms with Crippen molar-refractivity contribution >= 4 is 0 Å². The summed E-state index contributed by atoms with van der Waals surface area (Å²) in [4.78, 5) is 0. The highest BCUT2D eigenvalue weighted by molar-refractivity contribution is 4.95. The zero-order valence-corrected chi connectivity index (χ0v) is 6.87. The maximum atomic E-state index is 8.79. The first-order valence-electron chi connectivity index (χ1n) is 4.39. The van der Waals surface area contributed by atoms with Crippen molar-refractivity contribution in [2.24, 2.45) is 11.7 Å². The van der Waals surface area contributed by atoms with Gasteiger partial charge in [0.15, 0.2) is 0 Å². The zero-order valence-electron chi connectivity index (χ0n) is 6.87. The Morgan fingerprint density at radius 1 is 1.64 bits per heavy atom. The van der Waals surface area contributed by atoms with Crippen LogP contribution in [0.3, 0.4) is 0 Å². The van der Waals surface area contributed by atoms with Crippen molar-refractivity contribution in [1.29, 1.82) is 0 Å². The summed E-state index contributed by atoms with van der Waals surface area (Å²) in [6.07, 6.45) is 9.41. The van der Waals surface area contributed by atoms with Gasteiger partial charge in [0.1, 0.15) is 6.23 Å². The largest absolute Gasteiger partial charge is 0.379 e. The first-order valence-corrected chi connectivity index (χ1v) is 4.39. The van der Waals surface area contributed by atoms with Gasteiger partial charge in [-0.3, -0.25) is 0 Å². The maximum Gasteiger partial charge on any atom is 0.102 e. The van der Waals surface area contributed by atoms with Crippen LogP contribution < -0.4 is 5.73 Å². The van der Waals surface area contributed by atoms with Crippen LogP contribution in [0.2, 0.25) is 0 Å². The van der Waals surface area contributed by atoms with Gasteiger partial charge in [0.05, 0.1) is 0 Å². The van der Waals surface area contributed by atoms with Crippen molar-refractivity contribution in [1.82, 2.24) is 0 Å². The molecule has 64 valence electrons. The van der Waals surface area contributed by atoms with Gasteiger partial charge in [-0.25, -0.2) is 0 Å². The Labute approximate surface area is 68.1 Å². The molecule has 1 aliphatic carbocycles. The molecule has 2 heteroatoms. The van der Waals surface area contributed by atoms with Gasteiger partial charge in [-0.1, -0.05) is 12.2 Å². The monoisotopic (exact) mass is 155 g/mol. The molecule has 3 N–H and O–H groups in total. The second-order valence-electron chi connectivity index (χ2n) is 3.26. The van der Waals surface area contributed by atoms with Crippen LogP contribution in [0.4, 0.5) is 0 Å². The summed E-state index contributed by atoms with van der Waals surface area (Å²) in [5.41, 5.74) is 5.21. The molecular weight excluding hydrogens is 138 g/mol. The Balaban J connectivity index is 1.98. The van der Waals surface area contributed by atoms with Gasteiger partial charge >= 0.3 is 0 Å². The molecule has 2 atom stereocenters. The summed E-state index contributed by atoms with van der Waals surface area (Å²) < 4.78 is 0. The van der Waals surface area contributed by atoms with Crippen LogP contribution in [-0.2, 0) is 0 Å². The normalized spacial score (nSPS) is 25.8. The minimum Gasteiger partial charge on any atom is -0.379 e. The van der Waals surface area contributed by atoms with E-state index in [1.165, 1.54) is 19.3 Å². The van der Waals surface area contributed by atoms with Crippen molar-refractivity contribution in [2.45, 2.75) is 38.3 Å². The molecule has 0 aromatic heterocycles. The second-order valence-corrected chi connectivity index (χ2v) is 3.26. The number of nitrogens with two attached hydrogens (primary N) is 1. The van der Waals surface area contributed by atoms with Gasteiger partial charge < -0.3 is 10.8 Å². The third kappa shape index (κ3) is 3.54. The molecule has 0 saturated heterocycles. The summed E-state index contributed by atoms with van der Waals surface area (Å²) in [5.74, 6) is 0.758. The molecule has 0 spiro atoms. The highest BCUT2D eigenvalue weighted by Gasteiger charge is 2.08. The average molecular weight is 155 g/mol. The predicted molar refractivity (Wildman–Crippen MR) is 45.9 cm³/mol. The quantitative estimate of drug-likeness (QED) is 0.476. The van der Waals surface area contributed by atoms with E-state index in [0.29, 0.717) is 0 Å². The molecule has 11 heavy (non-hydrogen) atoms. The molecule has 0 fully saturated rings. The van der Waals surface area contributed by atoms with Gasteiger partial charge in [-0.05, 0) is 38.0 Å². The van der Waals surface area contributed by atoms with Crippen molar-refractivity contribution in [3.8, 4) is 0 Å². The number of hydrogen-bond donors (Lipinski definition) is 2. The van der Waals surface area contributed by atoms with E-state index in [9.17, 15) is 0 Å².